The van der Waals surface area contributed by atoms with Crippen LogP contribution in [0.1, 0.15) is 0 Å². The molecule has 0 spiro atoms. The van der Waals surface area contributed by atoms with Gasteiger partial charge in [-0.15, -0.1) is 0 Å². The van der Waals surface area contributed by atoms with Crippen molar-refractivity contribution in [1.29, 1.82) is 0 Å². The van der Waals surface area contributed by atoms with E-state index in [1.54, 1.807) is 0 Å². The van der Waals surface area contributed by atoms with Gasteiger partial charge in [0, 0.05) is 0 Å². The molecule has 0 atom stereocenters. The van der Waals surface area contributed by atoms with E-state index in [0.29, 0.717) is 0 Å². The van der Waals surface area contributed by atoms with Crippen LogP contribution in [0.2, 0.25) is 0 Å². The van der Waals surface area contributed by atoms with E-state index in [9.17, 15) is 19.2 Å². The second-order valence-electron chi connectivity index (χ2n) is 4.35. The maximum Gasteiger partial charge on any atom is 0.511 e. The normalized spacial score (nSPS) is 10.0. The summed E-state index contributed by atoms with van der Waals surface area (Å²) in [4.78, 5) is 43.4. The first kappa shape index (κ1) is 18.1. The molecule has 0 unspecified atom stereocenters. The van der Waals surface area contributed by atoms with Crippen molar-refractivity contribution in [3.63, 3.8) is 0 Å². The van der Waals surface area contributed by atoms with E-state index in [-0.39, 0.29) is 0 Å². The van der Waals surface area contributed by atoms with E-state index in [1.165, 1.54) is 0 Å². The largest absolute Gasteiger partial charge is 0.511 e. The van der Waals surface area contributed by atoms with Gasteiger partial charge in [0.25, 0.3) is 0 Å². The lowest BCUT2D eigenvalue weighted by Crippen LogP contribution is -2.10. The van der Waals surface area contributed by atoms with E-state index < -0.39 is 58.4 Å². The van der Waals surface area contributed by atoms with Crippen LogP contribution in [-0.4, -0.2) is 45.0 Å². The molecular weight excluding hydrogens is 360 g/mol. The predicted octanol–water partition coefficient (Wildman–Crippen LogP) is 3.07. The number of benzene rings is 2. The van der Waals surface area contributed by atoms with Gasteiger partial charge in [-0.2, -0.15) is 0 Å². The number of carbonyl (C=O) groups is 4. The number of carboxylic acid groups (broad SMARTS) is 4. The topological polar surface area (TPSA) is 186 Å². The van der Waals surface area contributed by atoms with E-state index in [1.807, 2.05) is 0 Å². The lowest BCUT2D eigenvalue weighted by Gasteiger charge is -2.14. The zero-order valence-corrected chi connectivity index (χ0v) is 12.4. The smallest absolute Gasteiger partial charge is 0.449 e. The summed E-state index contributed by atoms with van der Waals surface area (Å²) in [5.74, 6) is -1.90. The molecule has 0 aliphatic heterocycles. The number of hydrogen-bond donors (Lipinski definition) is 4. The maximum atomic E-state index is 10.8. The van der Waals surface area contributed by atoms with E-state index in [4.69, 9.17) is 20.4 Å². The summed E-state index contributed by atoms with van der Waals surface area (Å²) in [5.41, 5.74) is 0. The van der Waals surface area contributed by atoms with Crippen molar-refractivity contribution in [2.24, 2.45) is 0 Å². The van der Waals surface area contributed by atoms with Gasteiger partial charge >= 0.3 is 24.6 Å². The van der Waals surface area contributed by atoms with Gasteiger partial charge in [-0.05, 0) is 24.3 Å². The minimum atomic E-state index is -1.77. The molecule has 0 aliphatic carbocycles. The summed E-state index contributed by atoms with van der Waals surface area (Å²) in [6, 6.07) is 3.87. The summed E-state index contributed by atoms with van der Waals surface area (Å²) in [7, 11) is 0. The summed E-state index contributed by atoms with van der Waals surface area (Å²) in [5, 5.41) is 34.4. The van der Waals surface area contributed by atoms with E-state index in [2.05, 4.69) is 18.9 Å². The highest BCUT2D eigenvalue weighted by atomic mass is 16.7. The van der Waals surface area contributed by atoms with E-state index >= 15 is 0 Å². The first-order valence-electron chi connectivity index (χ1n) is 6.42. The molecule has 0 saturated carbocycles. The Bertz CT molecular complexity index is 771. The molecule has 2 aromatic carbocycles. The highest BCUT2D eigenvalue weighted by Crippen LogP contribution is 2.44. The van der Waals surface area contributed by atoms with Crippen LogP contribution in [0.5, 0.6) is 23.0 Å². The fraction of sp³-hybridized carbons (Fsp3) is 0. The van der Waals surface area contributed by atoms with Crippen LogP contribution in [0, 0.1) is 0 Å². The van der Waals surface area contributed by atoms with Crippen LogP contribution in [0.3, 0.4) is 0 Å². The summed E-state index contributed by atoms with van der Waals surface area (Å²) < 4.78 is 18.0. The van der Waals surface area contributed by atoms with Crippen molar-refractivity contribution in [3.05, 3.63) is 24.3 Å². The Hall–Kier alpha value is -4.22. The van der Waals surface area contributed by atoms with E-state index in [0.717, 1.165) is 24.3 Å². The molecule has 0 heterocycles. The Labute approximate surface area is 142 Å². The Morgan fingerprint density at radius 3 is 0.846 bits per heavy atom. The SMILES string of the molecule is O=C(O)Oc1ccc(OC(=O)O)c2c(OC(=O)O)ccc(OC(=O)O)c12. The molecule has 0 amide bonds. The van der Waals surface area contributed by atoms with Crippen molar-refractivity contribution in [1.82, 2.24) is 0 Å². The molecule has 0 bridgehead atoms. The van der Waals surface area contributed by atoms with Gasteiger partial charge in [0.2, 0.25) is 0 Å². The molecule has 0 fully saturated rings. The lowest BCUT2D eigenvalue weighted by atomic mass is 10.1. The van der Waals surface area contributed by atoms with Gasteiger partial charge in [-0.1, -0.05) is 0 Å². The Morgan fingerprint density at radius 2 is 0.692 bits per heavy atom. The second-order valence-corrected chi connectivity index (χ2v) is 4.35. The quantitative estimate of drug-likeness (QED) is 0.457. The van der Waals surface area contributed by atoms with Crippen molar-refractivity contribution < 1.29 is 58.6 Å². The number of ether oxygens (including phenoxy) is 4. The predicted molar refractivity (Wildman–Crippen MR) is 78.6 cm³/mol. The molecule has 0 aromatic heterocycles. The molecule has 26 heavy (non-hydrogen) atoms. The van der Waals surface area contributed by atoms with Crippen LogP contribution >= 0.6 is 0 Å². The fourth-order valence-electron chi connectivity index (χ4n) is 2.09. The molecular formula is C14H8O12. The highest BCUT2D eigenvalue weighted by Gasteiger charge is 2.23. The number of fused-ring (bicyclic) bond motifs is 1. The minimum absolute atomic E-state index is 0.396. The first-order chi connectivity index (χ1) is 12.2. The molecule has 0 radical (unpaired) electrons. The Kier molecular flexibility index (Phi) is 4.97. The van der Waals surface area contributed by atoms with Crippen LogP contribution in [0.15, 0.2) is 24.3 Å². The van der Waals surface area contributed by atoms with Crippen LogP contribution in [0.4, 0.5) is 19.2 Å². The molecule has 2 rings (SSSR count). The van der Waals surface area contributed by atoms with Gasteiger partial charge in [0.15, 0.2) is 0 Å². The second kappa shape index (κ2) is 7.12. The van der Waals surface area contributed by atoms with Gasteiger partial charge in [-0.3, -0.25) is 0 Å². The standard InChI is InChI=1S/C14H8O12/c15-11(16)23-5-1-2-6(24-12(17)18)10-8(26-14(21)22)4-3-7(9(5)10)25-13(19)20/h1-4H,(H,15,16)(H,17,18)(H,19,20)(H,21,22). The minimum Gasteiger partial charge on any atom is -0.449 e. The summed E-state index contributed by atoms with van der Waals surface area (Å²) in [6.45, 7) is 0. The zero-order valence-electron chi connectivity index (χ0n) is 12.4. The van der Waals surface area contributed by atoms with Crippen LogP contribution < -0.4 is 18.9 Å². The summed E-state index contributed by atoms with van der Waals surface area (Å²) in [6.07, 6.45) is -7.10. The van der Waals surface area contributed by atoms with Gasteiger partial charge in [0.05, 0.1) is 10.8 Å². The summed E-state index contributed by atoms with van der Waals surface area (Å²) >= 11 is 0. The Balaban J connectivity index is 2.88. The average molecular weight is 368 g/mol. The zero-order chi connectivity index (χ0) is 19.4. The van der Waals surface area contributed by atoms with Crippen molar-refractivity contribution in [2.45, 2.75) is 0 Å². The Morgan fingerprint density at radius 1 is 0.500 bits per heavy atom. The highest BCUT2D eigenvalue weighted by molar-refractivity contribution is 6.04. The molecule has 0 aliphatic rings. The molecule has 136 valence electrons. The van der Waals surface area contributed by atoms with Crippen LogP contribution in [0.25, 0.3) is 10.8 Å². The fourth-order valence-corrected chi connectivity index (χ4v) is 2.09. The third-order valence-corrected chi connectivity index (χ3v) is 2.80. The lowest BCUT2D eigenvalue weighted by molar-refractivity contribution is 0.140. The van der Waals surface area contributed by atoms with Gasteiger partial charge in [-0.25, -0.2) is 19.2 Å². The van der Waals surface area contributed by atoms with Gasteiger partial charge < -0.3 is 39.4 Å². The monoisotopic (exact) mass is 368 g/mol. The first-order valence-corrected chi connectivity index (χ1v) is 6.42. The molecule has 12 heteroatoms. The third kappa shape index (κ3) is 4.00. The van der Waals surface area contributed by atoms with Crippen molar-refractivity contribution in [2.75, 3.05) is 0 Å². The molecule has 0 saturated heterocycles. The van der Waals surface area contributed by atoms with Crippen molar-refractivity contribution >= 4 is 35.4 Å². The van der Waals surface area contributed by atoms with Crippen molar-refractivity contribution in [3.8, 4) is 23.0 Å². The van der Waals surface area contributed by atoms with Crippen LogP contribution in [-0.2, 0) is 0 Å². The maximum absolute atomic E-state index is 10.8. The number of hydrogen-bond acceptors (Lipinski definition) is 8. The average Bonchev–Trinajstić information content (AvgIpc) is 2.49. The third-order valence-electron chi connectivity index (χ3n) is 2.80. The molecule has 12 nitrogen and oxygen atoms in total. The number of rotatable bonds is 4. The molecule has 2 aromatic rings. The van der Waals surface area contributed by atoms with Gasteiger partial charge in [0.1, 0.15) is 23.0 Å². The molecule has 4 N–H and O–H groups in total.